The number of likely N-dealkylation sites (N-methyl/N-ethyl adjacent to an activating group) is 1. The molecule has 1 radical (unpaired) electrons. The molecule has 1 aromatic carbocycles. The second kappa shape index (κ2) is 6.51. The van der Waals surface area contributed by atoms with Crippen LogP contribution in [0.1, 0.15) is 44.1 Å². The SMILES string of the molecule is CN1C(=O)[CH]N=C(N(C)C2CCCCCC2)c2ccccc21. The van der Waals surface area contributed by atoms with Crippen molar-refractivity contribution in [1.29, 1.82) is 0 Å². The van der Waals surface area contributed by atoms with E-state index in [0.717, 1.165) is 17.1 Å². The van der Waals surface area contributed by atoms with Gasteiger partial charge in [-0.15, -0.1) is 0 Å². The molecule has 0 spiro atoms. The summed E-state index contributed by atoms with van der Waals surface area (Å²) in [4.78, 5) is 20.6. The summed E-state index contributed by atoms with van der Waals surface area (Å²) >= 11 is 0. The fourth-order valence-corrected chi connectivity index (χ4v) is 3.45. The number of hydrogen-bond acceptors (Lipinski definition) is 3. The molecule has 4 heteroatoms. The lowest BCUT2D eigenvalue weighted by Gasteiger charge is -2.31. The topological polar surface area (TPSA) is 35.9 Å². The summed E-state index contributed by atoms with van der Waals surface area (Å²) in [5.41, 5.74) is 1.97. The lowest BCUT2D eigenvalue weighted by molar-refractivity contribution is -0.115. The molecule has 117 valence electrons. The van der Waals surface area contributed by atoms with Gasteiger partial charge >= 0.3 is 0 Å². The van der Waals surface area contributed by atoms with Gasteiger partial charge in [-0.25, -0.2) is 0 Å². The first-order valence-corrected chi connectivity index (χ1v) is 8.19. The van der Waals surface area contributed by atoms with Crippen LogP contribution < -0.4 is 4.90 Å². The molecule has 4 nitrogen and oxygen atoms in total. The van der Waals surface area contributed by atoms with Crippen LogP contribution in [0.15, 0.2) is 29.3 Å². The zero-order chi connectivity index (χ0) is 15.5. The lowest BCUT2D eigenvalue weighted by Crippen LogP contribution is -2.37. The van der Waals surface area contributed by atoms with Gasteiger partial charge in [-0.3, -0.25) is 9.79 Å². The van der Waals surface area contributed by atoms with E-state index in [1.165, 1.54) is 45.1 Å². The Balaban J connectivity index is 1.94. The van der Waals surface area contributed by atoms with Crippen LogP contribution in [0.4, 0.5) is 5.69 Å². The fraction of sp³-hybridized carbons (Fsp3) is 0.500. The van der Waals surface area contributed by atoms with Crippen LogP contribution in [0.5, 0.6) is 0 Å². The summed E-state index contributed by atoms with van der Waals surface area (Å²) < 4.78 is 0. The number of amidine groups is 1. The van der Waals surface area contributed by atoms with E-state index < -0.39 is 0 Å². The van der Waals surface area contributed by atoms with Crippen LogP contribution in [0, 0.1) is 6.54 Å². The van der Waals surface area contributed by atoms with Crippen molar-refractivity contribution in [3.05, 3.63) is 36.4 Å². The minimum atomic E-state index is -0.0725. The van der Waals surface area contributed by atoms with Crippen molar-refractivity contribution in [3.8, 4) is 0 Å². The molecular weight excluding hydrogens is 274 g/mol. The van der Waals surface area contributed by atoms with E-state index in [1.807, 2.05) is 25.2 Å². The zero-order valence-corrected chi connectivity index (χ0v) is 13.5. The average Bonchev–Trinajstić information content (AvgIpc) is 2.88. The van der Waals surface area contributed by atoms with Gasteiger partial charge in [0.2, 0.25) is 0 Å². The maximum atomic E-state index is 12.1. The molecule has 22 heavy (non-hydrogen) atoms. The van der Waals surface area contributed by atoms with Crippen LogP contribution in [-0.4, -0.2) is 36.8 Å². The van der Waals surface area contributed by atoms with E-state index in [0.29, 0.717) is 6.04 Å². The van der Waals surface area contributed by atoms with Crippen molar-refractivity contribution < 1.29 is 4.79 Å². The molecule has 1 aliphatic carbocycles. The van der Waals surface area contributed by atoms with Gasteiger partial charge in [-0.2, -0.15) is 0 Å². The number of fused-ring (bicyclic) bond motifs is 1. The second-order valence-corrected chi connectivity index (χ2v) is 6.25. The Labute approximate surface area is 132 Å². The van der Waals surface area contributed by atoms with Gasteiger partial charge in [-0.05, 0) is 25.0 Å². The van der Waals surface area contributed by atoms with Crippen molar-refractivity contribution in [3.63, 3.8) is 0 Å². The minimum Gasteiger partial charge on any atom is -0.356 e. The van der Waals surface area contributed by atoms with E-state index in [-0.39, 0.29) is 5.91 Å². The first-order chi connectivity index (χ1) is 10.7. The van der Waals surface area contributed by atoms with Gasteiger partial charge in [0.25, 0.3) is 5.91 Å². The highest BCUT2D eigenvalue weighted by Gasteiger charge is 2.27. The summed E-state index contributed by atoms with van der Waals surface area (Å²) in [6.45, 7) is 1.45. The quantitative estimate of drug-likeness (QED) is 0.746. The molecule has 1 aliphatic heterocycles. The number of carbonyl (C=O) groups is 1. The number of anilines is 1. The average molecular weight is 298 g/mol. The van der Waals surface area contributed by atoms with Crippen LogP contribution >= 0.6 is 0 Å². The minimum absolute atomic E-state index is 0.0725. The van der Waals surface area contributed by atoms with Crippen LogP contribution in [-0.2, 0) is 4.79 Å². The normalized spacial score (nSPS) is 20.0. The maximum absolute atomic E-state index is 12.1. The molecule has 1 fully saturated rings. The number of para-hydroxylation sites is 1. The molecule has 1 amide bonds. The maximum Gasteiger partial charge on any atom is 0.254 e. The molecule has 0 aromatic heterocycles. The van der Waals surface area contributed by atoms with E-state index >= 15 is 0 Å². The third-order valence-electron chi connectivity index (χ3n) is 4.84. The number of benzodiazepines with no additional fused rings is 1. The summed E-state index contributed by atoms with van der Waals surface area (Å²) in [7, 11) is 3.93. The Morgan fingerprint density at radius 3 is 2.55 bits per heavy atom. The summed E-state index contributed by atoms with van der Waals surface area (Å²) in [5, 5.41) is 0. The van der Waals surface area contributed by atoms with Crippen LogP contribution in [0.25, 0.3) is 0 Å². The number of benzene rings is 1. The van der Waals surface area contributed by atoms with Gasteiger partial charge < -0.3 is 9.80 Å². The summed E-state index contributed by atoms with van der Waals surface area (Å²) in [6, 6.07) is 8.55. The van der Waals surface area contributed by atoms with Gasteiger partial charge in [0, 0.05) is 25.7 Å². The Bertz CT molecular complexity index is 573. The van der Waals surface area contributed by atoms with E-state index in [9.17, 15) is 4.79 Å². The molecule has 1 heterocycles. The van der Waals surface area contributed by atoms with E-state index in [4.69, 9.17) is 0 Å². The molecule has 0 unspecified atom stereocenters. The van der Waals surface area contributed by atoms with Gasteiger partial charge in [-0.1, -0.05) is 37.8 Å². The van der Waals surface area contributed by atoms with Gasteiger partial charge in [0.15, 0.2) is 6.54 Å². The predicted molar refractivity (Wildman–Crippen MR) is 89.9 cm³/mol. The summed E-state index contributed by atoms with van der Waals surface area (Å²) in [6.07, 6.45) is 7.66. The highest BCUT2D eigenvalue weighted by Crippen LogP contribution is 2.28. The molecule has 0 N–H and O–H groups in total. The molecule has 0 atom stereocenters. The number of hydrogen-bond donors (Lipinski definition) is 0. The van der Waals surface area contributed by atoms with Crippen molar-refractivity contribution >= 4 is 17.4 Å². The number of amides is 1. The van der Waals surface area contributed by atoms with Crippen LogP contribution in [0.2, 0.25) is 0 Å². The number of carbonyl (C=O) groups excluding carboxylic acids is 1. The third-order valence-corrected chi connectivity index (χ3v) is 4.84. The van der Waals surface area contributed by atoms with Crippen molar-refractivity contribution in [2.24, 2.45) is 4.99 Å². The molecule has 1 aromatic rings. The largest absolute Gasteiger partial charge is 0.356 e. The predicted octanol–water partition coefficient (Wildman–Crippen LogP) is 3.23. The Morgan fingerprint density at radius 1 is 1.14 bits per heavy atom. The molecular formula is C18H24N3O. The van der Waals surface area contributed by atoms with Gasteiger partial charge in [0.1, 0.15) is 5.84 Å². The molecule has 3 rings (SSSR count). The lowest BCUT2D eigenvalue weighted by atomic mass is 10.0. The van der Waals surface area contributed by atoms with E-state index in [2.05, 4.69) is 23.0 Å². The third kappa shape index (κ3) is 2.87. The Hall–Kier alpha value is -1.84. The van der Waals surface area contributed by atoms with E-state index in [1.54, 1.807) is 4.90 Å². The van der Waals surface area contributed by atoms with Crippen molar-refractivity contribution in [2.45, 2.75) is 44.6 Å². The Kier molecular flexibility index (Phi) is 4.46. The number of nitrogens with zero attached hydrogens (tertiary/aromatic N) is 3. The van der Waals surface area contributed by atoms with Gasteiger partial charge in [0.05, 0.1) is 5.69 Å². The zero-order valence-electron chi connectivity index (χ0n) is 13.5. The second-order valence-electron chi connectivity index (χ2n) is 6.25. The monoisotopic (exact) mass is 298 g/mol. The number of rotatable bonds is 1. The smallest absolute Gasteiger partial charge is 0.254 e. The standard InChI is InChI=1S/C18H24N3O/c1-20(14-9-5-3-4-6-10-14)18-15-11-7-8-12-16(15)21(2)17(22)13-19-18/h7-8,11-14H,3-6,9-10H2,1-2H3. The first kappa shape index (κ1) is 15.1. The van der Waals surface area contributed by atoms with Crippen molar-refractivity contribution in [2.75, 3.05) is 19.0 Å². The highest BCUT2D eigenvalue weighted by atomic mass is 16.2. The molecule has 0 saturated heterocycles. The van der Waals surface area contributed by atoms with Crippen molar-refractivity contribution in [1.82, 2.24) is 4.90 Å². The summed E-state index contributed by atoms with van der Waals surface area (Å²) in [5.74, 6) is 0.844. The molecule has 0 bridgehead atoms. The highest BCUT2D eigenvalue weighted by molar-refractivity contribution is 6.12. The number of aliphatic imine (C=N–C) groups is 1. The first-order valence-electron chi connectivity index (χ1n) is 8.19. The molecule has 2 aliphatic rings. The fourth-order valence-electron chi connectivity index (χ4n) is 3.45. The Morgan fingerprint density at radius 2 is 1.82 bits per heavy atom. The van der Waals surface area contributed by atoms with Crippen LogP contribution in [0.3, 0.4) is 0 Å². The molecule has 1 saturated carbocycles.